The maximum Gasteiger partial charge on any atom is 0.413 e. The maximum atomic E-state index is 13.7. The first-order valence-electron chi connectivity index (χ1n) is 16.5. The van der Waals surface area contributed by atoms with Gasteiger partial charge in [-0.25, -0.2) is 17.8 Å². The third-order valence-corrected chi connectivity index (χ3v) is 10.8. The number of benzene rings is 3. The highest BCUT2D eigenvalue weighted by atomic mass is 32.2. The molecule has 4 rings (SSSR count). The predicted octanol–water partition coefficient (Wildman–Crippen LogP) is 5.07. The zero-order valence-electron chi connectivity index (χ0n) is 28.6. The Morgan fingerprint density at radius 1 is 1.00 bits per heavy atom. The van der Waals surface area contributed by atoms with Crippen LogP contribution in [-0.2, 0) is 30.5 Å². The van der Waals surface area contributed by atoms with E-state index >= 15 is 0 Å². The molecule has 4 atom stereocenters. The molecule has 0 aliphatic carbocycles. The minimum absolute atomic E-state index is 0.0325. The van der Waals surface area contributed by atoms with E-state index in [0.29, 0.717) is 30.9 Å². The summed E-state index contributed by atoms with van der Waals surface area (Å²) >= 11 is 0. The molecule has 0 aromatic heterocycles. The molecule has 1 saturated heterocycles. The zero-order valence-corrected chi connectivity index (χ0v) is 30.3. The minimum Gasteiger partial charge on any atom is -0.497 e. The molecule has 0 radical (unpaired) electrons. The van der Waals surface area contributed by atoms with E-state index in [4.69, 9.17) is 23.5 Å². The van der Waals surface area contributed by atoms with Crippen molar-refractivity contribution >= 4 is 23.7 Å². The number of carbonyl (C=O) groups excluding carboxylic acids is 1. The Morgan fingerprint density at radius 3 is 2.32 bits per heavy atom. The Balaban J connectivity index is 1.46. The fraction of sp³-hybridized carbons (Fsp3) is 0.457. The van der Waals surface area contributed by atoms with Gasteiger partial charge in [0.25, 0.3) is 0 Å². The van der Waals surface area contributed by atoms with Crippen LogP contribution in [0.3, 0.4) is 0 Å². The highest BCUT2D eigenvalue weighted by Gasteiger charge is 2.32. The van der Waals surface area contributed by atoms with Crippen molar-refractivity contribution in [1.29, 1.82) is 0 Å². The number of aliphatic hydroxyl groups is 1. The lowest BCUT2D eigenvalue weighted by Crippen LogP contribution is -2.43. The molecule has 1 fully saturated rings. The van der Waals surface area contributed by atoms with Crippen LogP contribution in [-0.4, -0.2) is 87.3 Å². The van der Waals surface area contributed by atoms with Crippen molar-refractivity contribution < 1.29 is 51.2 Å². The van der Waals surface area contributed by atoms with E-state index in [1.165, 1.54) is 23.5 Å². The minimum atomic E-state index is -4.09. The SMILES string of the molecule is COc1ccc(S(=O)(=O)N(CC[C@H](Cc2ccc(OCP(=O)(O)Oc3ccccc3)cc2)NC(=O)O[C@H]2COC[C@H]2CCO)CC(C)C)cc1. The molecule has 15 heteroatoms. The summed E-state index contributed by atoms with van der Waals surface area (Å²) < 4.78 is 68.5. The van der Waals surface area contributed by atoms with Crippen molar-refractivity contribution in [3.8, 4) is 17.2 Å². The summed E-state index contributed by atoms with van der Waals surface area (Å²) in [6.45, 7) is 4.81. The number of alkyl carbamates (subject to hydrolysis) is 1. The predicted molar refractivity (Wildman–Crippen MR) is 187 cm³/mol. The number of amides is 1. The first kappa shape index (κ1) is 39.1. The lowest BCUT2D eigenvalue weighted by molar-refractivity contribution is 0.0646. The van der Waals surface area contributed by atoms with Gasteiger partial charge in [0.05, 0.1) is 25.2 Å². The molecule has 1 heterocycles. The lowest BCUT2D eigenvalue weighted by Gasteiger charge is -2.27. The third-order valence-electron chi connectivity index (χ3n) is 8.00. The second kappa shape index (κ2) is 18.5. The lowest BCUT2D eigenvalue weighted by atomic mass is 10.0. The topological polar surface area (TPSA) is 170 Å². The largest absolute Gasteiger partial charge is 0.497 e. The molecule has 0 spiro atoms. The molecule has 13 nitrogen and oxygen atoms in total. The molecule has 1 aliphatic rings. The second-order valence-electron chi connectivity index (χ2n) is 12.5. The first-order valence-corrected chi connectivity index (χ1v) is 19.7. The maximum absolute atomic E-state index is 13.7. The molecule has 0 bridgehead atoms. The number of ether oxygens (including phenoxy) is 4. The van der Waals surface area contributed by atoms with Crippen molar-refractivity contribution in [2.24, 2.45) is 11.8 Å². The van der Waals surface area contributed by atoms with Crippen LogP contribution in [0.2, 0.25) is 0 Å². The Labute approximate surface area is 294 Å². The molecule has 3 N–H and O–H groups in total. The molecule has 1 unspecified atom stereocenters. The number of hydrogen-bond acceptors (Lipinski definition) is 10. The van der Waals surface area contributed by atoms with E-state index in [9.17, 15) is 27.8 Å². The van der Waals surface area contributed by atoms with E-state index in [1.54, 1.807) is 66.7 Å². The van der Waals surface area contributed by atoms with Gasteiger partial charge in [0.1, 0.15) is 23.4 Å². The van der Waals surface area contributed by atoms with Crippen molar-refractivity contribution in [1.82, 2.24) is 9.62 Å². The van der Waals surface area contributed by atoms with Crippen LogP contribution >= 0.6 is 7.60 Å². The van der Waals surface area contributed by atoms with Gasteiger partial charge >= 0.3 is 13.7 Å². The van der Waals surface area contributed by atoms with E-state index in [1.807, 2.05) is 13.8 Å². The van der Waals surface area contributed by atoms with Gasteiger partial charge in [0, 0.05) is 31.7 Å². The molecule has 1 aliphatic heterocycles. The van der Waals surface area contributed by atoms with Crippen LogP contribution in [0.5, 0.6) is 17.2 Å². The van der Waals surface area contributed by atoms with Gasteiger partial charge in [-0.3, -0.25) is 0 Å². The van der Waals surface area contributed by atoms with E-state index in [-0.39, 0.29) is 55.2 Å². The summed E-state index contributed by atoms with van der Waals surface area (Å²) in [5.41, 5.74) is 0.797. The first-order chi connectivity index (χ1) is 23.9. The normalized spacial score (nSPS) is 18.0. The van der Waals surface area contributed by atoms with E-state index in [2.05, 4.69) is 5.32 Å². The molecule has 0 saturated carbocycles. The van der Waals surface area contributed by atoms with Gasteiger partial charge in [0.15, 0.2) is 6.35 Å². The van der Waals surface area contributed by atoms with Crippen LogP contribution in [0.25, 0.3) is 0 Å². The number of nitrogens with zero attached hydrogens (tertiary/aromatic N) is 1. The molecule has 1 amide bonds. The zero-order chi connectivity index (χ0) is 36.1. The van der Waals surface area contributed by atoms with Crippen LogP contribution in [0.4, 0.5) is 4.79 Å². The van der Waals surface area contributed by atoms with Crippen LogP contribution in [0.1, 0.15) is 32.3 Å². The van der Waals surface area contributed by atoms with Gasteiger partial charge in [-0.2, -0.15) is 4.31 Å². The van der Waals surface area contributed by atoms with Crippen molar-refractivity contribution in [2.45, 2.75) is 50.2 Å². The molecular weight excluding hydrogens is 687 g/mol. The highest BCUT2D eigenvalue weighted by Crippen LogP contribution is 2.42. The molecule has 3 aromatic rings. The Bertz CT molecular complexity index is 1640. The van der Waals surface area contributed by atoms with Crippen molar-refractivity contribution in [3.05, 3.63) is 84.4 Å². The summed E-state index contributed by atoms with van der Waals surface area (Å²) in [7, 11) is -6.45. The van der Waals surface area contributed by atoms with Crippen molar-refractivity contribution in [2.75, 3.05) is 46.4 Å². The van der Waals surface area contributed by atoms with Gasteiger partial charge in [0.2, 0.25) is 10.0 Å². The number of para-hydroxylation sites is 1. The van der Waals surface area contributed by atoms with E-state index < -0.39 is 42.2 Å². The summed E-state index contributed by atoms with van der Waals surface area (Å²) in [5.74, 6) is 1.04. The van der Waals surface area contributed by atoms with Crippen molar-refractivity contribution in [3.63, 3.8) is 0 Å². The highest BCUT2D eigenvalue weighted by molar-refractivity contribution is 7.89. The Hall–Kier alpha value is -3.65. The fourth-order valence-corrected chi connectivity index (χ4v) is 7.89. The number of aliphatic hydroxyl groups excluding tert-OH is 1. The quantitative estimate of drug-likeness (QED) is 0.141. The summed E-state index contributed by atoms with van der Waals surface area (Å²) in [4.78, 5) is 23.5. The standard InChI is InChI=1S/C35H47N2O11PS/c1-26(2)22-37(50(42,43)33-15-13-30(44-3)14-16-33)19-17-29(36-35(39)47-34-24-45-23-28(34)18-20-38)21-27-9-11-31(12-10-27)46-25-49(40,41)48-32-7-5-4-6-8-32/h4-16,26,28-29,34,38H,17-25H2,1-3H3,(H,36,39)(H,40,41)/t28-,29-,34+/m1/s1. The van der Waals surface area contributed by atoms with Crippen LogP contribution in [0, 0.1) is 11.8 Å². The summed E-state index contributed by atoms with van der Waals surface area (Å²) in [5, 5.41) is 12.3. The van der Waals surface area contributed by atoms with E-state index in [0.717, 1.165) is 5.56 Å². The molecule has 3 aromatic carbocycles. The smallest absolute Gasteiger partial charge is 0.413 e. The number of sulfonamides is 1. The van der Waals surface area contributed by atoms with Gasteiger partial charge in [-0.15, -0.1) is 0 Å². The molecular formula is C35H47N2O11PS. The number of rotatable bonds is 19. The molecule has 274 valence electrons. The average molecular weight is 735 g/mol. The second-order valence-corrected chi connectivity index (χ2v) is 16.1. The van der Waals surface area contributed by atoms with Gasteiger partial charge in [-0.1, -0.05) is 44.2 Å². The number of nitrogens with one attached hydrogen (secondary N) is 1. The van der Waals surface area contributed by atoms with Crippen LogP contribution < -0.4 is 19.3 Å². The third kappa shape index (κ3) is 12.0. The monoisotopic (exact) mass is 734 g/mol. The summed E-state index contributed by atoms with van der Waals surface area (Å²) in [6, 6.07) is 20.8. The summed E-state index contributed by atoms with van der Waals surface area (Å²) in [6.07, 6.45) is -0.716. The number of hydrogen-bond donors (Lipinski definition) is 3. The molecule has 50 heavy (non-hydrogen) atoms. The fourth-order valence-electron chi connectivity index (χ4n) is 5.46. The number of methoxy groups -OCH3 is 1. The van der Waals surface area contributed by atoms with Gasteiger partial charge < -0.3 is 38.8 Å². The van der Waals surface area contributed by atoms with Gasteiger partial charge in [-0.05, 0) is 79.3 Å². The average Bonchev–Trinajstić information content (AvgIpc) is 3.52. The Kier molecular flexibility index (Phi) is 14.5. The number of carbonyl (C=O) groups is 1. The van der Waals surface area contributed by atoms with Crippen LogP contribution in [0.15, 0.2) is 83.8 Å². The Morgan fingerprint density at radius 2 is 1.68 bits per heavy atom.